The van der Waals surface area contributed by atoms with Crippen LogP contribution in [-0.2, 0) is 16.2 Å². The molecule has 32 heavy (non-hydrogen) atoms. The Morgan fingerprint density at radius 1 is 0.969 bits per heavy atom. The van der Waals surface area contributed by atoms with Crippen molar-refractivity contribution in [3.63, 3.8) is 0 Å². The van der Waals surface area contributed by atoms with Crippen LogP contribution in [0.1, 0.15) is 5.56 Å². The largest absolute Gasteiger partial charge is 0.416 e. The average Bonchev–Trinajstić information content (AvgIpc) is 3.21. The van der Waals surface area contributed by atoms with Crippen molar-refractivity contribution in [1.29, 1.82) is 0 Å². The van der Waals surface area contributed by atoms with E-state index in [0.29, 0.717) is 11.9 Å². The lowest BCUT2D eigenvalue weighted by atomic mass is 10.2. The van der Waals surface area contributed by atoms with Crippen molar-refractivity contribution in [3.05, 3.63) is 72.7 Å². The van der Waals surface area contributed by atoms with Crippen LogP contribution in [0.4, 0.5) is 19.1 Å². The lowest BCUT2D eigenvalue weighted by Gasteiger charge is -2.11. The van der Waals surface area contributed by atoms with Crippen LogP contribution >= 0.6 is 0 Å². The Labute approximate surface area is 181 Å². The minimum absolute atomic E-state index is 0.0832. The number of hydrogen-bond donors (Lipinski definition) is 2. The van der Waals surface area contributed by atoms with Gasteiger partial charge in [0.25, 0.3) is 0 Å². The predicted molar refractivity (Wildman–Crippen MR) is 112 cm³/mol. The molecule has 0 fully saturated rings. The first-order valence-corrected chi connectivity index (χ1v) is 10.9. The van der Waals surface area contributed by atoms with Gasteiger partial charge in [-0.2, -0.15) is 18.2 Å². The fraction of sp³-hybridized carbons (Fsp3) is 0.150. The van der Waals surface area contributed by atoms with Gasteiger partial charge >= 0.3 is 6.18 Å². The van der Waals surface area contributed by atoms with Gasteiger partial charge in [-0.25, -0.2) is 23.1 Å². The first-order chi connectivity index (χ1) is 15.2. The van der Waals surface area contributed by atoms with E-state index < -0.39 is 26.7 Å². The number of benzene rings is 1. The third-order valence-electron chi connectivity index (χ3n) is 4.51. The standard InChI is InChI=1S/C20H17F3N6O2S/c21-20(22,23)15-4-1-5-16(13-15)32(30,31)27-11-10-26-19-25-9-6-17(28-19)29-12-7-14-3-2-8-24-18(14)29/h1-9,12-13,27H,10-11H2,(H,25,26,28). The number of alkyl halides is 3. The van der Waals surface area contributed by atoms with E-state index in [4.69, 9.17) is 0 Å². The van der Waals surface area contributed by atoms with Gasteiger partial charge in [-0.15, -0.1) is 0 Å². The maximum Gasteiger partial charge on any atom is 0.416 e. The third kappa shape index (κ3) is 4.70. The van der Waals surface area contributed by atoms with Crippen molar-refractivity contribution in [2.24, 2.45) is 0 Å². The van der Waals surface area contributed by atoms with Gasteiger partial charge in [0.15, 0.2) is 0 Å². The Bertz CT molecular complexity index is 1350. The second-order valence-corrected chi connectivity index (χ2v) is 8.46. The minimum Gasteiger partial charge on any atom is -0.353 e. The van der Waals surface area contributed by atoms with Gasteiger partial charge < -0.3 is 5.32 Å². The molecule has 0 saturated carbocycles. The van der Waals surface area contributed by atoms with Gasteiger partial charge in [0.2, 0.25) is 16.0 Å². The molecule has 4 rings (SSSR count). The molecule has 0 saturated heterocycles. The topological polar surface area (TPSA) is 102 Å². The minimum atomic E-state index is -4.63. The summed E-state index contributed by atoms with van der Waals surface area (Å²) in [6, 6.07) is 10.9. The molecule has 8 nitrogen and oxygen atoms in total. The van der Waals surface area contributed by atoms with Gasteiger partial charge in [0.05, 0.1) is 10.5 Å². The second kappa shape index (κ2) is 8.55. The first-order valence-electron chi connectivity index (χ1n) is 9.40. The summed E-state index contributed by atoms with van der Waals surface area (Å²) < 4.78 is 67.1. The summed E-state index contributed by atoms with van der Waals surface area (Å²) in [5.41, 5.74) is -0.304. The molecule has 3 aromatic heterocycles. The monoisotopic (exact) mass is 462 g/mol. The summed E-state index contributed by atoms with van der Waals surface area (Å²) in [5.74, 6) is 0.833. The van der Waals surface area contributed by atoms with Crippen LogP contribution in [0.15, 0.2) is 72.0 Å². The second-order valence-electron chi connectivity index (χ2n) is 6.69. The number of nitrogens with zero attached hydrogens (tertiary/aromatic N) is 4. The maximum atomic E-state index is 12.8. The lowest BCUT2D eigenvalue weighted by Crippen LogP contribution is -2.29. The zero-order valence-corrected chi connectivity index (χ0v) is 17.2. The van der Waals surface area contributed by atoms with Crippen molar-refractivity contribution < 1.29 is 21.6 Å². The molecule has 4 aromatic rings. The molecule has 12 heteroatoms. The van der Waals surface area contributed by atoms with Gasteiger partial charge in [-0.05, 0) is 42.5 Å². The number of hydrogen-bond acceptors (Lipinski definition) is 6. The molecular weight excluding hydrogens is 445 g/mol. The molecule has 0 radical (unpaired) electrons. The Hall–Kier alpha value is -3.51. The van der Waals surface area contributed by atoms with E-state index in [1.807, 2.05) is 24.4 Å². The van der Waals surface area contributed by atoms with Crippen molar-refractivity contribution in [2.45, 2.75) is 11.1 Å². The Morgan fingerprint density at radius 3 is 2.62 bits per heavy atom. The number of rotatable bonds is 7. The summed E-state index contributed by atoms with van der Waals surface area (Å²) in [7, 11) is -4.11. The predicted octanol–water partition coefficient (Wildman–Crippen LogP) is 3.22. The van der Waals surface area contributed by atoms with Crippen molar-refractivity contribution in [2.75, 3.05) is 18.4 Å². The SMILES string of the molecule is O=S(=O)(NCCNc1nccc(-n2ccc3cccnc32)n1)c1cccc(C(F)(F)F)c1. The Morgan fingerprint density at radius 2 is 1.81 bits per heavy atom. The molecule has 0 amide bonds. The molecule has 3 heterocycles. The van der Waals surface area contributed by atoms with Crippen molar-refractivity contribution in [1.82, 2.24) is 24.2 Å². The number of sulfonamides is 1. The zero-order chi connectivity index (χ0) is 22.8. The lowest BCUT2D eigenvalue weighted by molar-refractivity contribution is -0.137. The quantitative estimate of drug-likeness (QED) is 0.409. The molecule has 0 unspecified atom stereocenters. The van der Waals surface area contributed by atoms with E-state index in [2.05, 4.69) is 25.0 Å². The fourth-order valence-corrected chi connectivity index (χ4v) is 4.08. The maximum absolute atomic E-state index is 12.8. The normalized spacial score (nSPS) is 12.2. The average molecular weight is 462 g/mol. The van der Waals surface area contributed by atoms with Gasteiger partial charge in [-0.3, -0.25) is 4.57 Å². The number of nitrogens with one attached hydrogen (secondary N) is 2. The van der Waals surface area contributed by atoms with E-state index in [-0.39, 0.29) is 19.0 Å². The fourth-order valence-electron chi connectivity index (χ4n) is 3.00. The summed E-state index contributed by atoms with van der Waals surface area (Å²) in [5, 5.41) is 3.84. The molecule has 0 atom stereocenters. The summed E-state index contributed by atoms with van der Waals surface area (Å²) in [4.78, 5) is 12.4. The van der Waals surface area contributed by atoms with E-state index in [9.17, 15) is 21.6 Å². The third-order valence-corrected chi connectivity index (χ3v) is 5.97. The van der Waals surface area contributed by atoms with Gasteiger partial charge in [0.1, 0.15) is 11.5 Å². The van der Waals surface area contributed by atoms with E-state index in [1.165, 1.54) is 0 Å². The highest BCUT2D eigenvalue weighted by atomic mass is 32.2. The van der Waals surface area contributed by atoms with Gasteiger partial charge in [0, 0.05) is 37.1 Å². The smallest absolute Gasteiger partial charge is 0.353 e. The van der Waals surface area contributed by atoms with E-state index >= 15 is 0 Å². The highest BCUT2D eigenvalue weighted by molar-refractivity contribution is 7.89. The van der Waals surface area contributed by atoms with E-state index in [0.717, 1.165) is 29.2 Å². The number of halogens is 3. The summed E-state index contributed by atoms with van der Waals surface area (Å²) in [6.45, 7) is 0.0342. The molecular formula is C20H17F3N6O2S. The van der Waals surface area contributed by atoms with Crippen LogP contribution in [0.2, 0.25) is 0 Å². The Balaban J connectivity index is 1.40. The number of fused-ring (bicyclic) bond motifs is 1. The highest BCUT2D eigenvalue weighted by Gasteiger charge is 2.31. The molecule has 166 valence electrons. The molecule has 2 N–H and O–H groups in total. The Kier molecular flexibility index (Phi) is 5.80. The first kappa shape index (κ1) is 21.7. The molecule has 0 spiro atoms. The van der Waals surface area contributed by atoms with Crippen molar-refractivity contribution in [3.8, 4) is 5.82 Å². The van der Waals surface area contributed by atoms with E-state index in [1.54, 1.807) is 23.0 Å². The highest BCUT2D eigenvalue weighted by Crippen LogP contribution is 2.30. The molecule has 1 aromatic carbocycles. The summed E-state index contributed by atoms with van der Waals surface area (Å²) >= 11 is 0. The van der Waals surface area contributed by atoms with Crippen LogP contribution in [-0.4, -0.2) is 41.0 Å². The number of aromatic nitrogens is 4. The number of anilines is 1. The number of pyridine rings is 1. The van der Waals surface area contributed by atoms with Crippen LogP contribution in [0.5, 0.6) is 0 Å². The molecule has 0 aliphatic carbocycles. The summed E-state index contributed by atoms with van der Waals surface area (Å²) in [6.07, 6.45) is 0.422. The van der Waals surface area contributed by atoms with Crippen LogP contribution in [0.3, 0.4) is 0 Å². The zero-order valence-electron chi connectivity index (χ0n) is 16.4. The molecule has 0 aliphatic heterocycles. The van der Waals surface area contributed by atoms with Crippen LogP contribution in [0.25, 0.3) is 16.9 Å². The van der Waals surface area contributed by atoms with Gasteiger partial charge in [-0.1, -0.05) is 6.07 Å². The molecule has 0 aliphatic rings. The van der Waals surface area contributed by atoms with Crippen LogP contribution in [0, 0.1) is 0 Å². The van der Waals surface area contributed by atoms with Crippen LogP contribution < -0.4 is 10.0 Å². The molecule has 0 bridgehead atoms. The van der Waals surface area contributed by atoms with Crippen molar-refractivity contribution >= 4 is 27.0 Å².